The van der Waals surface area contributed by atoms with Gasteiger partial charge in [-0.25, -0.2) is 9.97 Å². The van der Waals surface area contributed by atoms with Gasteiger partial charge in [-0.3, -0.25) is 4.79 Å². The van der Waals surface area contributed by atoms with Gasteiger partial charge in [0.2, 0.25) is 0 Å². The van der Waals surface area contributed by atoms with Crippen LogP contribution in [-0.4, -0.2) is 40.0 Å². The Kier molecular flexibility index (Phi) is 5.20. The van der Waals surface area contributed by atoms with E-state index in [-0.39, 0.29) is 6.04 Å². The Morgan fingerprint density at radius 2 is 1.84 bits per heavy atom. The SMILES string of the molecule is NC(=O)c1c(-c2ccc(Oc3ccccc3)cc2)nc(N2CCC[C@H](N)C2)c2[nH]cnc12. The smallest absolute Gasteiger partial charge is 0.253 e. The zero-order chi connectivity index (χ0) is 22.1. The number of nitrogens with one attached hydrogen (secondary N) is 1. The highest BCUT2D eigenvalue weighted by molar-refractivity contribution is 6.11. The molecule has 2 aromatic heterocycles. The minimum absolute atomic E-state index is 0.0807. The van der Waals surface area contributed by atoms with E-state index < -0.39 is 5.91 Å². The van der Waals surface area contributed by atoms with E-state index >= 15 is 0 Å². The van der Waals surface area contributed by atoms with Crippen molar-refractivity contribution in [3.63, 3.8) is 0 Å². The van der Waals surface area contributed by atoms with Crippen molar-refractivity contribution in [2.24, 2.45) is 11.5 Å². The Balaban J connectivity index is 1.58. The predicted octanol–water partition coefficient (Wildman–Crippen LogP) is 3.44. The second kappa shape index (κ2) is 8.32. The van der Waals surface area contributed by atoms with E-state index in [4.69, 9.17) is 21.2 Å². The van der Waals surface area contributed by atoms with Gasteiger partial charge < -0.3 is 26.1 Å². The average Bonchev–Trinajstić information content (AvgIpc) is 3.29. The molecule has 162 valence electrons. The number of pyridine rings is 1. The molecule has 1 fully saturated rings. The number of piperidine rings is 1. The lowest BCUT2D eigenvalue weighted by Crippen LogP contribution is -2.43. The van der Waals surface area contributed by atoms with Gasteiger partial charge >= 0.3 is 0 Å². The van der Waals surface area contributed by atoms with E-state index in [1.807, 2.05) is 54.6 Å². The van der Waals surface area contributed by atoms with E-state index in [2.05, 4.69) is 14.9 Å². The molecular formula is C24H24N6O2. The van der Waals surface area contributed by atoms with Crippen molar-refractivity contribution in [3.05, 3.63) is 66.5 Å². The van der Waals surface area contributed by atoms with Crippen molar-refractivity contribution < 1.29 is 9.53 Å². The highest BCUT2D eigenvalue weighted by Crippen LogP contribution is 2.34. The van der Waals surface area contributed by atoms with E-state index in [1.54, 1.807) is 6.33 Å². The molecule has 1 amide bonds. The summed E-state index contributed by atoms with van der Waals surface area (Å²) in [5.41, 5.74) is 14.7. The number of aromatic nitrogens is 3. The number of H-pyrrole nitrogens is 1. The number of imidazole rings is 1. The Morgan fingerprint density at radius 1 is 1.09 bits per heavy atom. The number of para-hydroxylation sites is 1. The summed E-state index contributed by atoms with van der Waals surface area (Å²) in [5, 5.41) is 0. The monoisotopic (exact) mass is 428 g/mol. The molecule has 4 aromatic rings. The first-order valence-electron chi connectivity index (χ1n) is 10.6. The number of primary amides is 1. The number of hydrogen-bond donors (Lipinski definition) is 3. The highest BCUT2D eigenvalue weighted by Gasteiger charge is 2.26. The van der Waals surface area contributed by atoms with Gasteiger partial charge in [-0.15, -0.1) is 0 Å². The van der Waals surface area contributed by atoms with Gasteiger partial charge in [0.25, 0.3) is 5.91 Å². The first kappa shape index (κ1) is 20.0. The molecule has 0 aliphatic carbocycles. The second-order valence-corrected chi connectivity index (χ2v) is 7.94. The number of nitrogens with zero attached hydrogens (tertiary/aromatic N) is 3. The number of aromatic amines is 1. The number of benzene rings is 2. The van der Waals surface area contributed by atoms with Crippen LogP contribution >= 0.6 is 0 Å². The molecule has 0 bridgehead atoms. The topological polar surface area (TPSA) is 123 Å². The maximum absolute atomic E-state index is 12.4. The third-order valence-electron chi connectivity index (χ3n) is 5.66. The van der Waals surface area contributed by atoms with Gasteiger partial charge in [0, 0.05) is 24.7 Å². The van der Waals surface area contributed by atoms with Gasteiger partial charge in [-0.2, -0.15) is 0 Å². The lowest BCUT2D eigenvalue weighted by atomic mass is 10.0. The van der Waals surface area contributed by atoms with Crippen LogP contribution in [0, 0.1) is 0 Å². The van der Waals surface area contributed by atoms with Crippen molar-refractivity contribution in [1.29, 1.82) is 0 Å². The molecule has 1 atom stereocenters. The molecule has 1 aliphatic rings. The summed E-state index contributed by atoms with van der Waals surface area (Å²) < 4.78 is 5.88. The zero-order valence-corrected chi connectivity index (χ0v) is 17.5. The number of nitrogens with two attached hydrogens (primary N) is 2. The Labute approximate surface area is 185 Å². The van der Waals surface area contributed by atoms with Crippen molar-refractivity contribution in [3.8, 4) is 22.8 Å². The first-order valence-corrected chi connectivity index (χ1v) is 10.6. The lowest BCUT2D eigenvalue weighted by molar-refractivity contribution is 0.100. The van der Waals surface area contributed by atoms with E-state index in [0.717, 1.165) is 36.5 Å². The third kappa shape index (κ3) is 3.76. The molecule has 0 radical (unpaired) electrons. The fourth-order valence-electron chi connectivity index (χ4n) is 4.16. The van der Waals surface area contributed by atoms with E-state index in [0.29, 0.717) is 34.6 Å². The van der Waals surface area contributed by atoms with Gasteiger partial charge in [0.15, 0.2) is 5.82 Å². The van der Waals surface area contributed by atoms with E-state index in [9.17, 15) is 4.79 Å². The van der Waals surface area contributed by atoms with Crippen molar-refractivity contribution in [1.82, 2.24) is 15.0 Å². The second-order valence-electron chi connectivity index (χ2n) is 7.94. The van der Waals surface area contributed by atoms with Crippen LogP contribution in [0.1, 0.15) is 23.2 Å². The lowest BCUT2D eigenvalue weighted by Gasteiger charge is -2.32. The molecular weight excluding hydrogens is 404 g/mol. The van der Waals surface area contributed by atoms with Crippen molar-refractivity contribution >= 4 is 22.8 Å². The molecule has 5 rings (SSSR count). The predicted molar refractivity (Wildman–Crippen MR) is 124 cm³/mol. The minimum atomic E-state index is -0.573. The Morgan fingerprint density at radius 3 is 2.56 bits per heavy atom. The Bertz CT molecular complexity index is 1250. The van der Waals surface area contributed by atoms with Crippen LogP contribution in [0.5, 0.6) is 11.5 Å². The van der Waals surface area contributed by atoms with Crippen LogP contribution in [-0.2, 0) is 0 Å². The maximum atomic E-state index is 12.4. The average molecular weight is 428 g/mol. The number of amides is 1. The molecule has 0 spiro atoms. The molecule has 0 saturated carbocycles. The largest absolute Gasteiger partial charge is 0.457 e. The quantitative estimate of drug-likeness (QED) is 0.447. The molecule has 3 heterocycles. The van der Waals surface area contributed by atoms with Crippen LogP contribution in [0.3, 0.4) is 0 Å². The summed E-state index contributed by atoms with van der Waals surface area (Å²) in [6.07, 6.45) is 3.53. The normalized spacial score (nSPS) is 16.3. The summed E-state index contributed by atoms with van der Waals surface area (Å²) in [6, 6.07) is 17.1. The molecule has 8 heteroatoms. The molecule has 5 N–H and O–H groups in total. The van der Waals surface area contributed by atoms with Gasteiger partial charge in [0.05, 0.1) is 17.6 Å². The molecule has 1 saturated heterocycles. The molecule has 32 heavy (non-hydrogen) atoms. The summed E-state index contributed by atoms with van der Waals surface area (Å²) in [5.74, 6) is 1.59. The number of ether oxygens (including phenoxy) is 1. The summed E-state index contributed by atoms with van der Waals surface area (Å²) in [6.45, 7) is 1.54. The number of hydrogen-bond acceptors (Lipinski definition) is 6. The number of fused-ring (bicyclic) bond motifs is 1. The van der Waals surface area contributed by atoms with Crippen LogP contribution in [0.25, 0.3) is 22.3 Å². The molecule has 2 aromatic carbocycles. The fraction of sp³-hybridized carbons (Fsp3) is 0.208. The van der Waals surface area contributed by atoms with Gasteiger partial charge in [-0.05, 0) is 49.2 Å². The van der Waals surface area contributed by atoms with Crippen LogP contribution in [0.4, 0.5) is 5.82 Å². The first-order chi connectivity index (χ1) is 15.6. The highest BCUT2D eigenvalue weighted by atomic mass is 16.5. The zero-order valence-electron chi connectivity index (χ0n) is 17.5. The fourth-order valence-corrected chi connectivity index (χ4v) is 4.16. The van der Waals surface area contributed by atoms with Crippen LogP contribution in [0.15, 0.2) is 60.9 Å². The number of carbonyl (C=O) groups excluding carboxylic acids is 1. The molecule has 1 aliphatic heterocycles. The number of carbonyl (C=O) groups is 1. The van der Waals surface area contributed by atoms with Crippen molar-refractivity contribution in [2.45, 2.75) is 18.9 Å². The standard InChI is InChI=1S/C24H24N6O2/c25-16-5-4-12-30(13-16)24-22-21(27-14-28-22)19(23(26)31)20(29-24)15-8-10-18(11-9-15)32-17-6-2-1-3-7-17/h1-3,6-11,14,16H,4-5,12-13,25H2,(H2,26,31)(H,27,28)/t16-/m0/s1. The summed E-state index contributed by atoms with van der Waals surface area (Å²) in [7, 11) is 0. The molecule has 0 unspecified atom stereocenters. The molecule has 8 nitrogen and oxygen atoms in total. The maximum Gasteiger partial charge on any atom is 0.253 e. The minimum Gasteiger partial charge on any atom is -0.457 e. The van der Waals surface area contributed by atoms with Crippen LogP contribution in [0.2, 0.25) is 0 Å². The third-order valence-corrected chi connectivity index (χ3v) is 5.66. The Hall–Kier alpha value is -3.91. The number of rotatable bonds is 5. The van der Waals surface area contributed by atoms with Gasteiger partial charge in [-0.1, -0.05) is 18.2 Å². The summed E-state index contributed by atoms with van der Waals surface area (Å²) in [4.78, 5) is 27.0. The van der Waals surface area contributed by atoms with Crippen LogP contribution < -0.4 is 21.1 Å². The van der Waals surface area contributed by atoms with Crippen molar-refractivity contribution in [2.75, 3.05) is 18.0 Å². The van der Waals surface area contributed by atoms with E-state index in [1.165, 1.54) is 0 Å². The summed E-state index contributed by atoms with van der Waals surface area (Å²) >= 11 is 0. The number of anilines is 1. The van der Waals surface area contributed by atoms with Gasteiger partial charge in [0.1, 0.15) is 22.5 Å².